The van der Waals surface area contributed by atoms with E-state index in [9.17, 15) is 19.2 Å². The van der Waals surface area contributed by atoms with Crippen molar-refractivity contribution in [3.63, 3.8) is 0 Å². The van der Waals surface area contributed by atoms with Gasteiger partial charge in [0.05, 0.1) is 18.2 Å². The Morgan fingerprint density at radius 2 is 1.89 bits per heavy atom. The quantitative estimate of drug-likeness (QED) is 0.533. The zero-order valence-corrected chi connectivity index (χ0v) is 20.6. The number of aryl methyl sites for hydroxylation is 2. The van der Waals surface area contributed by atoms with Gasteiger partial charge in [0.1, 0.15) is 18.4 Å². The molecular formula is C26H33N3O6. The molecule has 0 spiro atoms. The van der Waals surface area contributed by atoms with Gasteiger partial charge in [0, 0.05) is 7.05 Å². The maximum Gasteiger partial charge on any atom is 0.271 e. The van der Waals surface area contributed by atoms with Gasteiger partial charge in [0.15, 0.2) is 5.78 Å². The number of nitrogens with one attached hydrogen (secondary N) is 1. The van der Waals surface area contributed by atoms with Gasteiger partial charge in [-0.2, -0.15) is 0 Å². The molecule has 188 valence electrons. The Morgan fingerprint density at radius 3 is 2.43 bits per heavy atom. The molecule has 1 aliphatic rings. The lowest BCUT2D eigenvalue weighted by molar-refractivity contribution is -0.173. The van der Waals surface area contributed by atoms with Crippen LogP contribution in [-0.4, -0.2) is 53.8 Å². The average molecular weight is 484 g/mol. The molecule has 2 atom stereocenters. The minimum Gasteiger partial charge on any atom is -0.469 e. The van der Waals surface area contributed by atoms with Gasteiger partial charge in [-0.25, -0.2) is 0 Å². The molecule has 3 N–H and O–H groups in total. The highest BCUT2D eigenvalue weighted by molar-refractivity contribution is 6.00. The smallest absolute Gasteiger partial charge is 0.271 e. The van der Waals surface area contributed by atoms with Crippen LogP contribution in [0.15, 0.2) is 47.1 Å². The lowest BCUT2D eigenvalue weighted by Gasteiger charge is -2.38. The number of ketones is 1. The Hall–Kier alpha value is -3.46. The molecule has 2 aromatic rings. The van der Waals surface area contributed by atoms with Crippen LogP contribution in [0.2, 0.25) is 0 Å². The number of benzene rings is 1. The van der Waals surface area contributed by atoms with E-state index in [1.165, 1.54) is 24.9 Å². The van der Waals surface area contributed by atoms with Crippen LogP contribution in [0.25, 0.3) is 0 Å². The van der Waals surface area contributed by atoms with Crippen molar-refractivity contribution in [2.24, 2.45) is 11.1 Å². The summed E-state index contributed by atoms with van der Waals surface area (Å²) in [5, 5.41) is 2.80. The maximum absolute atomic E-state index is 13.7. The third-order valence-corrected chi connectivity index (χ3v) is 6.56. The molecule has 0 bridgehead atoms. The fraction of sp³-hybridized carbons (Fsp3) is 0.462. The molecule has 9 heteroatoms. The number of hydrogen-bond donors (Lipinski definition) is 2. The molecule has 1 saturated heterocycles. The summed E-state index contributed by atoms with van der Waals surface area (Å²) in [5.74, 6) is -1.89. The molecule has 1 fully saturated rings. The molecular weight excluding hydrogens is 450 g/mol. The molecule has 1 unspecified atom stereocenters. The summed E-state index contributed by atoms with van der Waals surface area (Å²) in [6.07, 6.45) is 2.90. The Balaban J connectivity index is 1.84. The molecule has 3 amide bonds. The molecule has 0 radical (unpaired) electrons. The normalized spacial score (nSPS) is 18.8. The number of amides is 3. The third kappa shape index (κ3) is 5.97. The third-order valence-electron chi connectivity index (χ3n) is 6.56. The van der Waals surface area contributed by atoms with Gasteiger partial charge in [-0.3, -0.25) is 19.2 Å². The van der Waals surface area contributed by atoms with Crippen molar-refractivity contribution in [2.75, 3.05) is 13.7 Å². The summed E-state index contributed by atoms with van der Waals surface area (Å²) in [6, 6.07) is 10.5. The number of Topliss-reactive ketones (excluding diaryl/α,β-unsaturated/α-hetero) is 1. The highest BCUT2D eigenvalue weighted by Crippen LogP contribution is 2.32. The number of carbonyl (C=O) groups excluding carboxylic acids is 4. The van der Waals surface area contributed by atoms with Crippen molar-refractivity contribution in [3.05, 3.63) is 59.5 Å². The summed E-state index contributed by atoms with van der Waals surface area (Å²) < 4.78 is 10.7. The van der Waals surface area contributed by atoms with Crippen LogP contribution >= 0.6 is 0 Å². The number of primary amides is 1. The number of ether oxygens (including phenoxy) is 1. The first-order valence-corrected chi connectivity index (χ1v) is 11.6. The van der Waals surface area contributed by atoms with E-state index in [4.69, 9.17) is 14.9 Å². The fourth-order valence-corrected chi connectivity index (χ4v) is 4.36. The largest absolute Gasteiger partial charge is 0.469 e. The van der Waals surface area contributed by atoms with E-state index in [1.54, 1.807) is 6.92 Å². The van der Waals surface area contributed by atoms with E-state index in [0.29, 0.717) is 11.3 Å². The van der Waals surface area contributed by atoms with E-state index in [1.807, 2.05) is 44.2 Å². The van der Waals surface area contributed by atoms with Crippen LogP contribution in [0.5, 0.6) is 0 Å². The second-order valence-corrected chi connectivity index (χ2v) is 9.82. The van der Waals surface area contributed by atoms with Gasteiger partial charge in [0.2, 0.25) is 11.6 Å². The van der Waals surface area contributed by atoms with Crippen molar-refractivity contribution in [1.82, 2.24) is 10.2 Å². The van der Waals surface area contributed by atoms with Crippen molar-refractivity contribution in [3.8, 4) is 0 Å². The van der Waals surface area contributed by atoms with Crippen LogP contribution < -0.4 is 11.1 Å². The first-order chi connectivity index (χ1) is 16.4. The molecule has 0 saturated carbocycles. The minimum atomic E-state index is -1.88. The van der Waals surface area contributed by atoms with E-state index in [2.05, 4.69) is 5.32 Å². The van der Waals surface area contributed by atoms with E-state index >= 15 is 0 Å². The molecule has 1 aliphatic heterocycles. The van der Waals surface area contributed by atoms with Crippen LogP contribution in [0.1, 0.15) is 54.8 Å². The number of likely N-dealkylation sites (N-methyl/N-ethyl adjacent to an activating group) is 1. The molecule has 35 heavy (non-hydrogen) atoms. The van der Waals surface area contributed by atoms with Gasteiger partial charge in [-0.05, 0) is 43.2 Å². The number of carbonyl (C=O) groups is 4. The van der Waals surface area contributed by atoms with E-state index in [-0.39, 0.29) is 30.6 Å². The predicted octanol–water partition coefficient (Wildman–Crippen LogP) is 2.36. The SMILES string of the molecule is Cc1occc1C(=O)N[C@@H](CC(C)(C)CCc1ccccc1)C(=O)N(C)C1(C(N)=O)CC(=O)CO1. The van der Waals surface area contributed by atoms with Crippen molar-refractivity contribution in [1.29, 1.82) is 0 Å². The van der Waals surface area contributed by atoms with E-state index < -0.39 is 29.5 Å². The second kappa shape index (κ2) is 10.4. The lowest BCUT2D eigenvalue weighted by atomic mass is 9.80. The molecule has 3 rings (SSSR count). The minimum absolute atomic E-state index is 0.286. The number of hydrogen-bond acceptors (Lipinski definition) is 6. The molecule has 9 nitrogen and oxygen atoms in total. The van der Waals surface area contributed by atoms with Crippen LogP contribution in [0.4, 0.5) is 0 Å². The lowest BCUT2D eigenvalue weighted by Crippen LogP contribution is -2.62. The molecule has 0 aliphatic carbocycles. The van der Waals surface area contributed by atoms with Gasteiger partial charge in [-0.15, -0.1) is 0 Å². The number of furan rings is 1. The number of nitrogens with two attached hydrogens (primary N) is 1. The topological polar surface area (TPSA) is 132 Å². The van der Waals surface area contributed by atoms with Crippen LogP contribution in [-0.2, 0) is 25.5 Å². The summed E-state index contributed by atoms with van der Waals surface area (Å²) in [4.78, 5) is 51.9. The van der Waals surface area contributed by atoms with Crippen molar-refractivity contribution >= 4 is 23.5 Å². The maximum atomic E-state index is 13.7. The highest BCUT2D eigenvalue weighted by atomic mass is 16.5. The summed E-state index contributed by atoms with van der Waals surface area (Å²) in [6.45, 7) is 5.38. The Kier molecular flexibility index (Phi) is 7.80. The number of rotatable bonds is 10. The fourth-order valence-electron chi connectivity index (χ4n) is 4.36. The van der Waals surface area contributed by atoms with Crippen molar-refractivity contribution in [2.45, 2.75) is 58.2 Å². The second-order valence-electron chi connectivity index (χ2n) is 9.82. The van der Waals surface area contributed by atoms with Gasteiger partial charge in [-0.1, -0.05) is 44.2 Å². The zero-order valence-electron chi connectivity index (χ0n) is 20.6. The average Bonchev–Trinajstić information content (AvgIpc) is 3.43. The first kappa shape index (κ1) is 26.2. The predicted molar refractivity (Wildman–Crippen MR) is 128 cm³/mol. The van der Waals surface area contributed by atoms with Crippen LogP contribution in [0.3, 0.4) is 0 Å². The summed E-state index contributed by atoms with van der Waals surface area (Å²) in [7, 11) is 1.37. The van der Waals surface area contributed by atoms with Gasteiger partial charge in [0.25, 0.3) is 11.8 Å². The standard InChI is InChI=1S/C26H33N3O6/c1-17-20(11-13-34-17)22(31)28-21(15-25(2,3)12-10-18-8-6-5-7-9-18)23(32)29(4)26(24(27)33)14-19(30)16-35-26/h5-9,11,13,21H,10,12,14-16H2,1-4H3,(H2,27,33)(H,28,31)/t21-,26?/m0/s1. The molecule has 1 aromatic carbocycles. The van der Waals surface area contributed by atoms with Crippen molar-refractivity contribution < 1.29 is 28.3 Å². The Bertz CT molecular complexity index is 1090. The van der Waals surface area contributed by atoms with Gasteiger partial charge >= 0.3 is 0 Å². The Morgan fingerprint density at radius 1 is 1.20 bits per heavy atom. The molecule has 2 heterocycles. The number of nitrogens with zero attached hydrogens (tertiary/aromatic N) is 1. The van der Waals surface area contributed by atoms with Crippen LogP contribution in [0, 0.1) is 12.3 Å². The zero-order chi connectivity index (χ0) is 25.8. The Labute approximate surface area is 205 Å². The van der Waals surface area contributed by atoms with E-state index in [0.717, 1.165) is 17.7 Å². The monoisotopic (exact) mass is 483 g/mol. The highest BCUT2D eigenvalue weighted by Gasteiger charge is 2.52. The van der Waals surface area contributed by atoms with Gasteiger partial charge < -0.3 is 25.1 Å². The molecule has 1 aromatic heterocycles. The first-order valence-electron chi connectivity index (χ1n) is 11.6. The summed E-state index contributed by atoms with van der Waals surface area (Å²) in [5.41, 5.74) is 4.80. The summed E-state index contributed by atoms with van der Waals surface area (Å²) >= 11 is 0.